The molecule has 3 amide bonds. The Hall–Kier alpha value is -3.00. The van der Waals surface area contributed by atoms with Gasteiger partial charge in [-0.15, -0.1) is 18.9 Å². The number of hydrogen-bond donors (Lipinski definition) is 2. The molecule has 2 aliphatic carbocycles. The third-order valence-electron chi connectivity index (χ3n) is 11.1. The number of carbonyl (C=O) groups is 5. The van der Waals surface area contributed by atoms with Crippen molar-refractivity contribution in [1.82, 2.24) is 15.5 Å². The summed E-state index contributed by atoms with van der Waals surface area (Å²) in [4.78, 5) is 69.7. The lowest BCUT2D eigenvalue weighted by molar-refractivity contribution is -0.144. The van der Waals surface area contributed by atoms with E-state index in [9.17, 15) is 32.4 Å². The summed E-state index contributed by atoms with van der Waals surface area (Å²) in [5.74, 6) is -0.494. The van der Waals surface area contributed by atoms with Gasteiger partial charge in [0.1, 0.15) is 6.04 Å². The van der Waals surface area contributed by atoms with E-state index in [1.54, 1.807) is 31.7 Å². The molecule has 10 nitrogen and oxygen atoms in total. The molecule has 0 aromatic carbocycles. The fourth-order valence-corrected chi connectivity index (χ4v) is 9.27. The van der Waals surface area contributed by atoms with Crippen LogP contribution in [0.25, 0.3) is 0 Å². The maximum Gasteiger partial charge on any atom is 0.315 e. The average Bonchev–Trinajstić information content (AvgIpc) is 3.30. The zero-order chi connectivity index (χ0) is 37.2. The largest absolute Gasteiger partial charge is 0.332 e. The highest BCUT2D eigenvalue weighted by atomic mass is 32.2. The van der Waals surface area contributed by atoms with Gasteiger partial charge in [0.2, 0.25) is 11.7 Å². The molecule has 1 heterocycles. The Balaban J connectivity index is 1.87. The van der Waals surface area contributed by atoms with Crippen molar-refractivity contribution in [2.45, 2.75) is 142 Å². The maximum absolute atomic E-state index is 14.4. The Morgan fingerprint density at radius 2 is 1.65 bits per heavy atom. The van der Waals surface area contributed by atoms with Crippen LogP contribution < -0.4 is 10.6 Å². The van der Waals surface area contributed by atoms with Crippen molar-refractivity contribution in [2.24, 2.45) is 28.6 Å². The van der Waals surface area contributed by atoms with E-state index in [1.165, 1.54) is 0 Å². The summed E-state index contributed by atoms with van der Waals surface area (Å²) < 4.78 is 25.6. The number of allylic oxidation sites excluding steroid dienone is 1. The van der Waals surface area contributed by atoms with E-state index in [-0.39, 0.29) is 54.5 Å². The van der Waals surface area contributed by atoms with Crippen LogP contribution in [0.4, 0.5) is 4.79 Å². The summed E-state index contributed by atoms with van der Waals surface area (Å²) in [6.45, 7) is 18.5. The first-order valence-corrected chi connectivity index (χ1v) is 19.4. The average molecular weight is 702 g/mol. The molecule has 2 N–H and O–H groups in total. The summed E-state index contributed by atoms with van der Waals surface area (Å²) >= 11 is 0. The lowest BCUT2D eigenvalue weighted by Crippen LogP contribution is -2.63. The molecule has 3 aliphatic rings. The van der Waals surface area contributed by atoms with E-state index in [2.05, 4.69) is 37.0 Å². The molecule has 0 bridgehead atoms. The molecule has 49 heavy (non-hydrogen) atoms. The summed E-state index contributed by atoms with van der Waals surface area (Å²) in [7, 11) is -3.56. The number of carbonyl (C=O) groups excluding carboxylic acids is 5. The van der Waals surface area contributed by atoms with Crippen LogP contribution in [0.5, 0.6) is 0 Å². The fourth-order valence-electron chi connectivity index (χ4n) is 7.75. The molecule has 3 rings (SSSR count). The highest BCUT2D eigenvalue weighted by Gasteiger charge is 2.69. The van der Waals surface area contributed by atoms with Gasteiger partial charge in [0, 0.05) is 31.7 Å². The van der Waals surface area contributed by atoms with Crippen molar-refractivity contribution in [3.8, 4) is 12.3 Å². The standard InChI is InChI=1S/C38H59N3O7S/c1-11-13-18-25(31(44)27(42)19-14-12-2)22-28(43)30-29-26(37(29,9)10)23-41(30)33(45)32(35(3,4)5)39-34(46)40-38(20-16-15-17-21-38)24-49(47,48)36(6,7)8/h1,12,25-26,29-30,32H,2,13-24H2,3-10H3,(H2,39,40,46)/t25?,26?,29-,30+,32+/m0/s1. The van der Waals surface area contributed by atoms with Crippen LogP contribution in [0.1, 0.15) is 120 Å². The number of nitrogens with one attached hydrogen (secondary N) is 2. The first-order valence-electron chi connectivity index (χ1n) is 17.8. The van der Waals surface area contributed by atoms with E-state index in [4.69, 9.17) is 6.42 Å². The second kappa shape index (κ2) is 15.1. The van der Waals surface area contributed by atoms with Crippen LogP contribution in [-0.4, -0.2) is 77.3 Å². The molecule has 11 heteroatoms. The second-order valence-corrected chi connectivity index (χ2v) is 20.0. The smallest absolute Gasteiger partial charge is 0.315 e. The van der Waals surface area contributed by atoms with E-state index in [1.807, 2.05) is 20.8 Å². The Kier molecular flexibility index (Phi) is 12.4. The summed E-state index contributed by atoms with van der Waals surface area (Å²) in [6.07, 6.45) is 11.2. The first-order chi connectivity index (χ1) is 22.5. The Labute approximate surface area is 294 Å². The summed E-state index contributed by atoms with van der Waals surface area (Å²) in [6, 6.07) is -2.46. The zero-order valence-corrected chi connectivity index (χ0v) is 31.8. The molecule has 5 atom stereocenters. The number of nitrogens with zero attached hydrogens (tertiary/aromatic N) is 1. The highest BCUT2D eigenvalue weighted by Crippen LogP contribution is 2.65. The minimum absolute atomic E-state index is 0.0132. The van der Waals surface area contributed by atoms with Crippen LogP contribution in [-0.2, 0) is 29.0 Å². The van der Waals surface area contributed by atoms with Gasteiger partial charge >= 0.3 is 6.03 Å². The molecular weight excluding hydrogens is 642 g/mol. The lowest BCUT2D eigenvalue weighted by Gasteiger charge is -2.41. The van der Waals surface area contributed by atoms with Crippen molar-refractivity contribution in [3.63, 3.8) is 0 Å². The van der Waals surface area contributed by atoms with Gasteiger partial charge in [-0.05, 0) is 69.1 Å². The SMILES string of the molecule is C#CCCC(CC(=O)[C@@H]1[C@@H]2C(CN1C(=O)[C@@H](NC(=O)NC1(CS(=O)(=O)C(C)(C)C)CCCCC1)C(C)(C)C)C2(C)C)C(=O)C(=O)CCC=C. The topological polar surface area (TPSA) is 147 Å². The molecule has 2 saturated carbocycles. The Morgan fingerprint density at radius 3 is 2.18 bits per heavy atom. The normalized spacial score (nSPS) is 24.1. The van der Waals surface area contributed by atoms with E-state index in [0.717, 1.165) is 19.3 Å². The van der Waals surface area contributed by atoms with E-state index < -0.39 is 67.0 Å². The Morgan fingerprint density at radius 1 is 1.04 bits per heavy atom. The molecule has 3 fully saturated rings. The molecule has 2 unspecified atom stereocenters. The fraction of sp³-hybridized carbons (Fsp3) is 0.763. The quantitative estimate of drug-likeness (QED) is 0.136. The summed E-state index contributed by atoms with van der Waals surface area (Å²) in [5.41, 5.74) is -1.91. The predicted molar refractivity (Wildman–Crippen MR) is 191 cm³/mol. The minimum atomic E-state index is -3.56. The van der Waals surface area contributed by atoms with E-state index >= 15 is 0 Å². The second-order valence-electron chi connectivity index (χ2n) is 17.2. The van der Waals surface area contributed by atoms with Crippen LogP contribution in [0.2, 0.25) is 0 Å². The van der Waals surface area contributed by atoms with Crippen molar-refractivity contribution < 1.29 is 32.4 Å². The van der Waals surface area contributed by atoms with Gasteiger partial charge in [-0.1, -0.05) is 60.0 Å². The molecule has 0 spiro atoms. The summed E-state index contributed by atoms with van der Waals surface area (Å²) in [5, 5.41) is 5.88. The number of urea groups is 1. The monoisotopic (exact) mass is 701 g/mol. The molecular formula is C38H59N3O7S. The number of hydrogen-bond acceptors (Lipinski definition) is 7. The number of sulfone groups is 1. The van der Waals surface area contributed by atoms with Gasteiger partial charge in [-0.25, -0.2) is 13.2 Å². The molecule has 0 aromatic heterocycles. The van der Waals surface area contributed by atoms with Crippen LogP contribution in [0, 0.1) is 40.9 Å². The molecule has 274 valence electrons. The zero-order valence-electron chi connectivity index (χ0n) is 30.9. The van der Waals surface area contributed by atoms with Crippen LogP contribution >= 0.6 is 0 Å². The van der Waals surface area contributed by atoms with E-state index in [0.29, 0.717) is 25.8 Å². The Bertz CT molecular complexity index is 1450. The molecule has 1 aliphatic heterocycles. The molecule has 1 saturated heterocycles. The number of piperidine rings is 1. The van der Waals surface area contributed by atoms with Crippen molar-refractivity contribution in [2.75, 3.05) is 12.3 Å². The number of fused-ring (bicyclic) bond motifs is 1. The number of Topliss-reactive ketones (excluding diaryl/α,β-unsaturated/α-hetero) is 3. The highest BCUT2D eigenvalue weighted by molar-refractivity contribution is 7.92. The number of terminal acetylenes is 1. The molecule has 0 radical (unpaired) electrons. The van der Waals surface area contributed by atoms with Crippen molar-refractivity contribution in [3.05, 3.63) is 12.7 Å². The first kappa shape index (κ1) is 40.4. The number of rotatable bonds is 15. The third-order valence-corrected chi connectivity index (χ3v) is 13.9. The third kappa shape index (κ3) is 9.22. The van der Waals surface area contributed by atoms with Crippen molar-refractivity contribution >= 4 is 39.1 Å². The minimum Gasteiger partial charge on any atom is -0.332 e. The van der Waals surface area contributed by atoms with Gasteiger partial charge in [-0.2, -0.15) is 0 Å². The van der Waals surface area contributed by atoms with Crippen LogP contribution in [0.15, 0.2) is 12.7 Å². The number of amides is 3. The van der Waals surface area contributed by atoms with Gasteiger partial charge in [0.25, 0.3) is 0 Å². The van der Waals surface area contributed by atoms with Gasteiger partial charge in [0.15, 0.2) is 21.4 Å². The maximum atomic E-state index is 14.4. The van der Waals surface area contributed by atoms with Gasteiger partial charge in [-0.3, -0.25) is 19.2 Å². The van der Waals surface area contributed by atoms with Gasteiger partial charge < -0.3 is 15.5 Å². The predicted octanol–water partition coefficient (Wildman–Crippen LogP) is 5.19. The number of likely N-dealkylation sites (tertiary alicyclic amines) is 1. The van der Waals surface area contributed by atoms with Crippen LogP contribution in [0.3, 0.4) is 0 Å². The lowest BCUT2D eigenvalue weighted by atomic mass is 9.82. The number of ketones is 3. The molecule has 0 aromatic rings. The van der Waals surface area contributed by atoms with Gasteiger partial charge in [0.05, 0.1) is 22.1 Å². The van der Waals surface area contributed by atoms with Crippen molar-refractivity contribution in [1.29, 1.82) is 0 Å².